The second-order valence-corrected chi connectivity index (χ2v) is 6.95. The summed E-state index contributed by atoms with van der Waals surface area (Å²) in [5, 5.41) is 6.46. The Balaban J connectivity index is 1.97. The SMILES string of the molecule is CCNC(=NCc1cc(C(=O)OC)c(C)o1)NCCc1cccc(C(=O)N(C)C)c1. The average Bonchev–Trinajstić information content (AvgIpc) is 3.11. The molecule has 2 rings (SSSR count). The fraction of sp³-hybridized carbons (Fsp3) is 0.409. The molecule has 8 heteroatoms. The van der Waals surface area contributed by atoms with Crippen molar-refractivity contribution in [3.63, 3.8) is 0 Å². The van der Waals surface area contributed by atoms with Crippen molar-refractivity contribution in [2.45, 2.75) is 26.8 Å². The molecule has 1 aromatic carbocycles. The zero-order chi connectivity index (χ0) is 22.1. The Morgan fingerprint density at radius 3 is 2.63 bits per heavy atom. The maximum absolute atomic E-state index is 12.1. The van der Waals surface area contributed by atoms with E-state index in [9.17, 15) is 9.59 Å². The number of nitrogens with one attached hydrogen (secondary N) is 2. The van der Waals surface area contributed by atoms with E-state index in [1.807, 2.05) is 31.2 Å². The molecule has 8 nitrogen and oxygen atoms in total. The van der Waals surface area contributed by atoms with Crippen LogP contribution in [0.1, 0.15) is 44.7 Å². The number of methoxy groups -OCH3 is 1. The summed E-state index contributed by atoms with van der Waals surface area (Å²) in [6.45, 7) is 5.36. The lowest BCUT2D eigenvalue weighted by Crippen LogP contribution is -2.38. The van der Waals surface area contributed by atoms with Crippen molar-refractivity contribution in [1.29, 1.82) is 0 Å². The molecule has 2 N–H and O–H groups in total. The Morgan fingerprint density at radius 2 is 1.97 bits per heavy atom. The molecule has 0 spiro atoms. The van der Waals surface area contributed by atoms with Gasteiger partial charge in [0.2, 0.25) is 0 Å². The van der Waals surface area contributed by atoms with Gasteiger partial charge >= 0.3 is 5.97 Å². The minimum Gasteiger partial charge on any atom is -0.465 e. The number of hydrogen-bond donors (Lipinski definition) is 2. The minimum absolute atomic E-state index is 0.0141. The van der Waals surface area contributed by atoms with E-state index < -0.39 is 5.97 Å². The van der Waals surface area contributed by atoms with Crippen LogP contribution in [0.2, 0.25) is 0 Å². The van der Waals surface area contributed by atoms with Gasteiger partial charge in [-0.15, -0.1) is 0 Å². The monoisotopic (exact) mass is 414 g/mol. The zero-order valence-electron chi connectivity index (χ0n) is 18.2. The van der Waals surface area contributed by atoms with Crippen molar-refractivity contribution in [2.24, 2.45) is 4.99 Å². The lowest BCUT2D eigenvalue weighted by Gasteiger charge is -2.13. The van der Waals surface area contributed by atoms with Crippen LogP contribution in [0.15, 0.2) is 39.7 Å². The fourth-order valence-electron chi connectivity index (χ4n) is 2.88. The number of aliphatic imine (C=N–C) groups is 1. The number of ether oxygens (including phenoxy) is 1. The number of carbonyl (C=O) groups excluding carboxylic acids is 2. The molecule has 0 radical (unpaired) electrons. The van der Waals surface area contributed by atoms with Crippen molar-refractivity contribution in [3.05, 3.63) is 58.5 Å². The first-order chi connectivity index (χ1) is 14.3. The Labute approximate surface area is 177 Å². The largest absolute Gasteiger partial charge is 0.465 e. The van der Waals surface area contributed by atoms with Gasteiger partial charge < -0.3 is 24.7 Å². The van der Waals surface area contributed by atoms with Crippen molar-refractivity contribution in [2.75, 3.05) is 34.3 Å². The topological polar surface area (TPSA) is 96.2 Å². The number of esters is 1. The van der Waals surface area contributed by atoms with Gasteiger partial charge in [-0.25, -0.2) is 9.79 Å². The maximum atomic E-state index is 12.1. The van der Waals surface area contributed by atoms with Crippen molar-refractivity contribution >= 4 is 17.8 Å². The summed E-state index contributed by atoms with van der Waals surface area (Å²) in [5.74, 6) is 1.30. The molecule has 30 heavy (non-hydrogen) atoms. The molecule has 0 saturated heterocycles. The Hall–Kier alpha value is -3.29. The van der Waals surface area contributed by atoms with Crippen LogP contribution in [-0.2, 0) is 17.7 Å². The summed E-state index contributed by atoms with van der Waals surface area (Å²) in [7, 11) is 4.82. The number of amides is 1. The molecule has 2 aromatic rings. The van der Waals surface area contributed by atoms with E-state index in [0.29, 0.717) is 48.2 Å². The van der Waals surface area contributed by atoms with Gasteiger partial charge in [-0.1, -0.05) is 12.1 Å². The number of rotatable bonds is 8. The molecule has 1 heterocycles. The Kier molecular flexibility index (Phi) is 8.46. The molecule has 0 aliphatic rings. The van der Waals surface area contributed by atoms with Crippen LogP contribution >= 0.6 is 0 Å². The van der Waals surface area contributed by atoms with E-state index in [1.165, 1.54) is 7.11 Å². The second kappa shape index (κ2) is 11.0. The number of hydrogen-bond acceptors (Lipinski definition) is 5. The van der Waals surface area contributed by atoms with Gasteiger partial charge in [0.1, 0.15) is 23.6 Å². The molecule has 1 aromatic heterocycles. The number of furan rings is 1. The van der Waals surface area contributed by atoms with Crippen molar-refractivity contribution in [3.8, 4) is 0 Å². The summed E-state index contributed by atoms with van der Waals surface area (Å²) in [4.78, 5) is 29.9. The maximum Gasteiger partial charge on any atom is 0.341 e. The lowest BCUT2D eigenvalue weighted by molar-refractivity contribution is 0.0598. The highest BCUT2D eigenvalue weighted by molar-refractivity contribution is 5.94. The average molecular weight is 415 g/mol. The van der Waals surface area contributed by atoms with Crippen LogP contribution in [0.4, 0.5) is 0 Å². The number of aryl methyl sites for hydroxylation is 1. The first-order valence-electron chi connectivity index (χ1n) is 9.86. The predicted molar refractivity (Wildman–Crippen MR) is 116 cm³/mol. The second-order valence-electron chi connectivity index (χ2n) is 6.95. The van der Waals surface area contributed by atoms with Crippen LogP contribution in [0, 0.1) is 6.92 Å². The molecule has 0 bridgehead atoms. The highest BCUT2D eigenvalue weighted by Gasteiger charge is 2.15. The molecule has 0 atom stereocenters. The zero-order valence-corrected chi connectivity index (χ0v) is 18.2. The van der Waals surface area contributed by atoms with E-state index in [2.05, 4.69) is 15.6 Å². The van der Waals surface area contributed by atoms with Crippen LogP contribution in [0.25, 0.3) is 0 Å². The first kappa shape index (κ1) is 23.0. The summed E-state index contributed by atoms with van der Waals surface area (Å²) in [6.07, 6.45) is 0.741. The molecule has 162 valence electrons. The molecule has 0 aliphatic heterocycles. The van der Waals surface area contributed by atoms with Gasteiger partial charge in [0.05, 0.1) is 7.11 Å². The normalized spacial score (nSPS) is 11.2. The number of nitrogens with zero attached hydrogens (tertiary/aromatic N) is 2. The molecule has 0 unspecified atom stereocenters. The standard InChI is InChI=1S/C22H30N4O4/c1-6-23-22(25-14-18-13-19(15(2)30-18)21(28)29-5)24-11-10-16-8-7-9-17(12-16)20(27)26(3)4/h7-9,12-13H,6,10-11,14H2,1-5H3,(H2,23,24,25). The highest BCUT2D eigenvalue weighted by Crippen LogP contribution is 2.16. The van der Waals surface area contributed by atoms with Crippen molar-refractivity contribution in [1.82, 2.24) is 15.5 Å². The molecular weight excluding hydrogens is 384 g/mol. The van der Waals surface area contributed by atoms with Crippen molar-refractivity contribution < 1.29 is 18.7 Å². The van der Waals surface area contributed by atoms with E-state index in [0.717, 1.165) is 12.0 Å². The van der Waals surface area contributed by atoms with Gasteiger partial charge in [-0.2, -0.15) is 0 Å². The van der Waals surface area contributed by atoms with Gasteiger partial charge in [0, 0.05) is 32.7 Å². The van der Waals surface area contributed by atoms with E-state index in [-0.39, 0.29) is 5.91 Å². The van der Waals surface area contributed by atoms with Crippen LogP contribution in [0.3, 0.4) is 0 Å². The fourth-order valence-corrected chi connectivity index (χ4v) is 2.88. The minimum atomic E-state index is -0.425. The van der Waals surface area contributed by atoms with E-state index in [4.69, 9.17) is 9.15 Å². The number of guanidine groups is 1. The molecule has 0 saturated carbocycles. The smallest absolute Gasteiger partial charge is 0.341 e. The summed E-state index contributed by atoms with van der Waals surface area (Å²) < 4.78 is 10.3. The number of benzene rings is 1. The Bertz CT molecular complexity index is 902. The summed E-state index contributed by atoms with van der Waals surface area (Å²) in [5.41, 5.74) is 2.15. The number of carbonyl (C=O) groups is 2. The third kappa shape index (κ3) is 6.37. The summed E-state index contributed by atoms with van der Waals surface area (Å²) in [6, 6.07) is 9.27. The van der Waals surface area contributed by atoms with Crippen LogP contribution in [-0.4, -0.2) is 57.0 Å². The molecular formula is C22H30N4O4. The van der Waals surface area contributed by atoms with Gasteiger partial charge in [-0.3, -0.25) is 4.79 Å². The van der Waals surface area contributed by atoms with Gasteiger partial charge in [0.25, 0.3) is 5.91 Å². The predicted octanol–water partition coefficient (Wildman–Crippen LogP) is 2.37. The van der Waals surface area contributed by atoms with Gasteiger partial charge in [0.15, 0.2) is 5.96 Å². The third-order valence-corrected chi connectivity index (χ3v) is 4.40. The third-order valence-electron chi connectivity index (χ3n) is 4.40. The van der Waals surface area contributed by atoms with Crippen LogP contribution < -0.4 is 10.6 Å². The lowest BCUT2D eigenvalue weighted by atomic mass is 10.1. The highest BCUT2D eigenvalue weighted by atomic mass is 16.5. The van der Waals surface area contributed by atoms with Gasteiger partial charge in [-0.05, 0) is 44.0 Å². The van der Waals surface area contributed by atoms with E-state index >= 15 is 0 Å². The Morgan fingerprint density at radius 1 is 1.20 bits per heavy atom. The quantitative estimate of drug-likeness (QED) is 0.391. The molecule has 1 amide bonds. The summed E-state index contributed by atoms with van der Waals surface area (Å²) >= 11 is 0. The van der Waals surface area contributed by atoms with E-state index in [1.54, 1.807) is 32.0 Å². The molecule has 0 aliphatic carbocycles. The van der Waals surface area contributed by atoms with Crippen LogP contribution in [0.5, 0.6) is 0 Å². The first-order valence-corrected chi connectivity index (χ1v) is 9.86. The molecule has 0 fully saturated rings.